The zero-order valence-corrected chi connectivity index (χ0v) is 26.4. The van der Waals surface area contributed by atoms with E-state index in [4.69, 9.17) is 0 Å². The van der Waals surface area contributed by atoms with Crippen LogP contribution in [0, 0.1) is 0 Å². The van der Waals surface area contributed by atoms with Gasteiger partial charge in [-0.25, -0.2) is 0 Å². The highest BCUT2D eigenvalue weighted by molar-refractivity contribution is 7.70. The summed E-state index contributed by atoms with van der Waals surface area (Å²) in [4.78, 5) is 0. The van der Waals surface area contributed by atoms with Crippen molar-refractivity contribution in [2.24, 2.45) is 0 Å². The van der Waals surface area contributed by atoms with Crippen molar-refractivity contribution >= 4 is 39.7 Å². The lowest BCUT2D eigenvalue weighted by Gasteiger charge is -2.36. The van der Waals surface area contributed by atoms with Crippen LogP contribution in [0.5, 0.6) is 5.75 Å². The fourth-order valence-corrected chi connectivity index (χ4v) is 15.0. The molecule has 1 N–H and O–H groups in total. The Morgan fingerprint density at radius 3 is 1.24 bits per heavy atom. The Bertz CT molecular complexity index is 865. The smallest absolute Gasteiger partial charge is 0.116 e. The minimum absolute atomic E-state index is 0.249. The Labute approximate surface area is 214 Å². The monoisotopic (exact) mass is 518 g/mol. The van der Waals surface area contributed by atoms with Gasteiger partial charge < -0.3 is 5.11 Å². The summed E-state index contributed by atoms with van der Waals surface area (Å²) in [6.07, 6.45) is 0. The van der Waals surface area contributed by atoms with E-state index in [2.05, 4.69) is 101 Å². The number of aromatic hydroxyl groups is 1. The summed E-state index contributed by atoms with van der Waals surface area (Å²) in [5.41, 5.74) is 6.41. The van der Waals surface area contributed by atoms with Crippen LogP contribution in [0.3, 0.4) is 0 Å². The first kappa shape index (κ1) is 29.8. The van der Waals surface area contributed by atoms with E-state index < -0.39 is 0 Å². The first-order valence-electron chi connectivity index (χ1n) is 13.1. The molecule has 0 radical (unpaired) electrons. The zero-order valence-electron chi connectivity index (χ0n) is 23.7. The Kier molecular flexibility index (Phi) is 11.1. The standard InChI is InChI=1S/C30H49OP3/c1-19(2)32(20(3)4)27-17-28(33(21(5)6)22(7)8)30(25-14-13-15-26(31)16-25)29(18-27)34(23(9)10)24(11)12/h13-24,31H,1-12H3. The Morgan fingerprint density at radius 1 is 0.529 bits per heavy atom. The second kappa shape index (κ2) is 12.7. The molecule has 0 spiro atoms. The van der Waals surface area contributed by atoms with E-state index in [1.165, 1.54) is 11.1 Å². The molecule has 190 valence electrons. The van der Waals surface area contributed by atoms with E-state index in [1.807, 2.05) is 12.1 Å². The van der Waals surface area contributed by atoms with Crippen molar-refractivity contribution < 1.29 is 5.11 Å². The van der Waals surface area contributed by atoms with E-state index in [9.17, 15) is 5.11 Å². The minimum atomic E-state index is -0.348. The topological polar surface area (TPSA) is 20.2 Å². The van der Waals surface area contributed by atoms with E-state index in [0.29, 0.717) is 39.7 Å². The van der Waals surface area contributed by atoms with Gasteiger partial charge in [0.25, 0.3) is 0 Å². The number of hydrogen-bond acceptors (Lipinski definition) is 1. The average Bonchev–Trinajstić information content (AvgIpc) is 2.66. The third-order valence-corrected chi connectivity index (χ3v) is 15.8. The Hall–Kier alpha value is -0.470. The lowest BCUT2D eigenvalue weighted by molar-refractivity contribution is 0.475. The van der Waals surface area contributed by atoms with Gasteiger partial charge in [-0.05, 0) is 85.3 Å². The van der Waals surface area contributed by atoms with Gasteiger partial charge in [-0.1, -0.05) is 119 Å². The predicted octanol–water partition coefficient (Wildman–Crippen LogP) is 8.83. The Balaban J connectivity index is 3.10. The summed E-state index contributed by atoms with van der Waals surface area (Å²) < 4.78 is 0. The molecule has 0 saturated carbocycles. The molecule has 0 heterocycles. The van der Waals surface area contributed by atoms with Crippen molar-refractivity contribution in [3.8, 4) is 16.9 Å². The molecule has 0 atom stereocenters. The van der Waals surface area contributed by atoms with E-state index in [1.54, 1.807) is 22.0 Å². The maximum Gasteiger partial charge on any atom is 0.116 e. The van der Waals surface area contributed by atoms with Crippen molar-refractivity contribution in [3.63, 3.8) is 0 Å². The summed E-state index contributed by atoms with van der Waals surface area (Å²) in [6.45, 7) is 28.9. The fraction of sp³-hybridized carbons (Fsp3) is 0.600. The lowest BCUT2D eigenvalue weighted by atomic mass is 10.1. The number of rotatable bonds is 10. The molecule has 0 bridgehead atoms. The molecule has 2 rings (SSSR count). The van der Waals surface area contributed by atoms with Gasteiger partial charge in [0.05, 0.1) is 0 Å². The van der Waals surface area contributed by atoms with Gasteiger partial charge >= 0.3 is 0 Å². The normalized spacial score (nSPS) is 12.9. The highest BCUT2D eigenvalue weighted by Gasteiger charge is 2.31. The van der Waals surface area contributed by atoms with Crippen LogP contribution in [-0.2, 0) is 0 Å². The lowest BCUT2D eigenvalue weighted by Crippen LogP contribution is -2.31. The Morgan fingerprint density at radius 2 is 0.912 bits per heavy atom. The second-order valence-corrected chi connectivity index (χ2v) is 21.3. The second-order valence-electron chi connectivity index (χ2n) is 11.2. The zero-order chi connectivity index (χ0) is 25.9. The molecule has 1 nitrogen and oxygen atoms in total. The van der Waals surface area contributed by atoms with Crippen LogP contribution in [0.1, 0.15) is 83.1 Å². The number of benzene rings is 2. The number of phenols is 1. The predicted molar refractivity (Wildman–Crippen MR) is 164 cm³/mol. The van der Waals surface area contributed by atoms with Crippen molar-refractivity contribution in [3.05, 3.63) is 36.4 Å². The van der Waals surface area contributed by atoms with Gasteiger partial charge in [0.15, 0.2) is 0 Å². The van der Waals surface area contributed by atoms with Gasteiger partial charge in [0, 0.05) is 0 Å². The van der Waals surface area contributed by atoms with Crippen LogP contribution in [0.25, 0.3) is 11.1 Å². The quantitative estimate of drug-likeness (QED) is 0.312. The first-order valence-corrected chi connectivity index (χ1v) is 17.5. The van der Waals surface area contributed by atoms with Crippen molar-refractivity contribution in [2.45, 2.75) is 117 Å². The van der Waals surface area contributed by atoms with Crippen LogP contribution >= 0.6 is 23.8 Å². The summed E-state index contributed by atoms with van der Waals surface area (Å²) in [5, 5.41) is 15.2. The first-order chi connectivity index (χ1) is 15.8. The molecule has 0 aromatic heterocycles. The summed E-state index contributed by atoms with van der Waals surface area (Å²) in [7, 11) is -0.944. The third-order valence-electron chi connectivity index (χ3n) is 6.41. The van der Waals surface area contributed by atoms with Crippen molar-refractivity contribution in [2.75, 3.05) is 0 Å². The van der Waals surface area contributed by atoms with Gasteiger partial charge in [-0.15, -0.1) is 0 Å². The van der Waals surface area contributed by atoms with Crippen molar-refractivity contribution in [1.82, 2.24) is 0 Å². The highest BCUT2D eigenvalue weighted by Crippen LogP contribution is 2.53. The third kappa shape index (κ3) is 6.84. The van der Waals surface area contributed by atoms with E-state index >= 15 is 0 Å². The maximum atomic E-state index is 10.5. The van der Waals surface area contributed by atoms with Gasteiger partial charge in [0.1, 0.15) is 5.75 Å². The molecular weight excluding hydrogens is 469 g/mol. The molecule has 0 aliphatic carbocycles. The van der Waals surface area contributed by atoms with Crippen LogP contribution in [0.2, 0.25) is 0 Å². The van der Waals surface area contributed by atoms with Crippen molar-refractivity contribution in [1.29, 1.82) is 0 Å². The van der Waals surface area contributed by atoms with Crippen LogP contribution in [-0.4, -0.2) is 39.1 Å². The summed E-state index contributed by atoms with van der Waals surface area (Å²) in [6, 6.07) is 13.3. The van der Waals surface area contributed by atoms with Gasteiger partial charge in [0.2, 0.25) is 0 Å². The molecule has 34 heavy (non-hydrogen) atoms. The fourth-order valence-electron chi connectivity index (χ4n) is 5.61. The maximum absolute atomic E-state index is 10.5. The van der Waals surface area contributed by atoms with Gasteiger partial charge in [-0.3, -0.25) is 0 Å². The molecule has 0 aliphatic rings. The van der Waals surface area contributed by atoms with Crippen LogP contribution in [0.15, 0.2) is 36.4 Å². The van der Waals surface area contributed by atoms with Gasteiger partial charge in [-0.2, -0.15) is 0 Å². The molecular formula is C30H49OP3. The number of hydrogen-bond donors (Lipinski definition) is 1. The minimum Gasteiger partial charge on any atom is -0.508 e. The highest BCUT2D eigenvalue weighted by atomic mass is 31.1. The summed E-state index contributed by atoms with van der Waals surface area (Å²) in [5.74, 6) is 0.363. The molecule has 2 aromatic carbocycles. The molecule has 0 unspecified atom stereocenters. The molecule has 4 heteroatoms. The SMILES string of the molecule is CC(C)P(c1cc(P(C(C)C)C(C)C)c(-c2cccc(O)c2)c(P(C(C)C)C(C)C)c1)C(C)C. The van der Waals surface area contributed by atoms with E-state index in [0.717, 1.165) is 0 Å². The number of phenolic OH excluding ortho intramolecular Hbond substituents is 1. The van der Waals surface area contributed by atoms with E-state index in [-0.39, 0.29) is 23.8 Å². The average molecular weight is 519 g/mol. The molecule has 0 fully saturated rings. The largest absolute Gasteiger partial charge is 0.508 e. The molecule has 2 aromatic rings. The molecule has 0 saturated heterocycles. The molecule has 0 amide bonds. The van der Waals surface area contributed by atoms with Crippen LogP contribution in [0.4, 0.5) is 0 Å². The molecule has 0 aliphatic heterocycles. The summed E-state index contributed by atoms with van der Waals surface area (Å²) >= 11 is 0. The van der Waals surface area contributed by atoms with Crippen LogP contribution < -0.4 is 15.9 Å².